The Kier molecular flexibility index (Phi) is 5.96. The zero-order valence-electron chi connectivity index (χ0n) is 15.7. The molecular weight excluding hydrogens is 358 g/mol. The van der Waals surface area contributed by atoms with Crippen molar-refractivity contribution < 1.29 is 4.79 Å². The SMILES string of the molecule is CCc1ccc(NC(=O)C(C)Sc2nc3ccccc3c(=O)n2CC)cc1. The molecule has 1 amide bonds. The summed E-state index contributed by atoms with van der Waals surface area (Å²) in [7, 11) is 0. The maximum absolute atomic E-state index is 12.7. The number of aryl methyl sites for hydroxylation is 1. The molecule has 0 aliphatic rings. The number of nitrogens with zero attached hydrogens (tertiary/aromatic N) is 2. The van der Waals surface area contributed by atoms with Gasteiger partial charge in [-0.2, -0.15) is 0 Å². The van der Waals surface area contributed by atoms with Gasteiger partial charge in [0.1, 0.15) is 0 Å². The number of amides is 1. The number of hydrogen-bond donors (Lipinski definition) is 1. The number of rotatable bonds is 6. The van der Waals surface area contributed by atoms with E-state index in [0.29, 0.717) is 22.6 Å². The molecule has 6 heteroatoms. The molecular formula is C21H23N3O2S. The molecule has 0 saturated carbocycles. The van der Waals surface area contributed by atoms with Gasteiger partial charge in [0, 0.05) is 12.2 Å². The first kappa shape index (κ1) is 19.2. The Balaban J connectivity index is 1.81. The average molecular weight is 382 g/mol. The van der Waals surface area contributed by atoms with Crippen LogP contribution in [0.15, 0.2) is 58.5 Å². The smallest absolute Gasteiger partial charge is 0.262 e. The van der Waals surface area contributed by atoms with Crippen LogP contribution in [0.5, 0.6) is 0 Å². The molecule has 3 aromatic rings. The third-order valence-electron chi connectivity index (χ3n) is 4.42. The highest BCUT2D eigenvalue weighted by molar-refractivity contribution is 8.00. The number of para-hydroxylation sites is 1. The number of nitrogens with one attached hydrogen (secondary N) is 1. The molecule has 1 aromatic heterocycles. The molecule has 1 N–H and O–H groups in total. The number of hydrogen-bond acceptors (Lipinski definition) is 4. The monoisotopic (exact) mass is 381 g/mol. The van der Waals surface area contributed by atoms with Gasteiger partial charge in [0.15, 0.2) is 5.16 Å². The molecule has 5 nitrogen and oxygen atoms in total. The summed E-state index contributed by atoms with van der Waals surface area (Å²) in [5, 5.41) is 3.69. The van der Waals surface area contributed by atoms with Crippen molar-refractivity contribution in [3.63, 3.8) is 0 Å². The minimum atomic E-state index is -0.387. The Morgan fingerprint density at radius 1 is 1.15 bits per heavy atom. The van der Waals surface area contributed by atoms with Crippen LogP contribution < -0.4 is 10.9 Å². The zero-order valence-corrected chi connectivity index (χ0v) is 16.5. The standard InChI is InChI=1S/C21H23N3O2S/c1-4-15-10-12-16(13-11-15)22-19(25)14(3)27-21-23-18-9-7-6-8-17(18)20(26)24(21)5-2/h6-14H,4-5H2,1-3H3,(H,22,25). The maximum atomic E-state index is 12.7. The van der Waals surface area contributed by atoms with E-state index in [0.717, 1.165) is 12.1 Å². The summed E-state index contributed by atoms with van der Waals surface area (Å²) in [6.07, 6.45) is 0.961. The van der Waals surface area contributed by atoms with E-state index in [1.807, 2.05) is 56.3 Å². The Morgan fingerprint density at radius 2 is 1.85 bits per heavy atom. The van der Waals surface area contributed by atoms with Crippen molar-refractivity contribution in [1.82, 2.24) is 9.55 Å². The van der Waals surface area contributed by atoms with Gasteiger partial charge in [-0.05, 0) is 50.1 Å². The van der Waals surface area contributed by atoms with Crippen molar-refractivity contribution in [3.05, 3.63) is 64.4 Å². The van der Waals surface area contributed by atoms with Crippen LogP contribution in [0.2, 0.25) is 0 Å². The van der Waals surface area contributed by atoms with E-state index >= 15 is 0 Å². The van der Waals surface area contributed by atoms with Crippen molar-refractivity contribution in [3.8, 4) is 0 Å². The first-order chi connectivity index (χ1) is 13.0. The summed E-state index contributed by atoms with van der Waals surface area (Å²) >= 11 is 1.30. The van der Waals surface area contributed by atoms with Crippen LogP contribution in [0, 0.1) is 0 Å². The lowest BCUT2D eigenvalue weighted by atomic mass is 10.1. The van der Waals surface area contributed by atoms with Gasteiger partial charge in [-0.15, -0.1) is 0 Å². The lowest BCUT2D eigenvalue weighted by Gasteiger charge is -2.15. The van der Waals surface area contributed by atoms with E-state index in [4.69, 9.17) is 0 Å². The van der Waals surface area contributed by atoms with E-state index in [1.165, 1.54) is 17.3 Å². The minimum absolute atomic E-state index is 0.0756. The Hall–Kier alpha value is -2.60. The number of carbonyl (C=O) groups excluding carboxylic acids is 1. The molecule has 1 atom stereocenters. The highest BCUT2D eigenvalue weighted by atomic mass is 32.2. The number of aromatic nitrogens is 2. The minimum Gasteiger partial charge on any atom is -0.325 e. The van der Waals surface area contributed by atoms with Crippen LogP contribution in [-0.4, -0.2) is 20.7 Å². The van der Waals surface area contributed by atoms with E-state index in [1.54, 1.807) is 10.6 Å². The molecule has 0 radical (unpaired) electrons. The van der Waals surface area contributed by atoms with Gasteiger partial charge in [0.2, 0.25) is 5.91 Å². The van der Waals surface area contributed by atoms with Gasteiger partial charge in [-0.25, -0.2) is 4.98 Å². The van der Waals surface area contributed by atoms with E-state index in [2.05, 4.69) is 17.2 Å². The van der Waals surface area contributed by atoms with Crippen LogP contribution in [0.3, 0.4) is 0 Å². The summed E-state index contributed by atoms with van der Waals surface area (Å²) in [5.74, 6) is -0.116. The first-order valence-electron chi connectivity index (χ1n) is 9.09. The van der Waals surface area contributed by atoms with E-state index in [-0.39, 0.29) is 16.7 Å². The van der Waals surface area contributed by atoms with Crippen molar-refractivity contribution >= 4 is 34.3 Å². The molecule has 27 heavy (non-hydrogen) atoms. The van der Waals surface area contributed by atoms with Crippen LogP contribution in [-0.2, 0) is 17.8 Å². The number of benzene rings is 2. The summed E-state index contributed by atoms with van der Waals surface area (Å²) in [6.45, 7) is 6.33. The van der Waals surface area contributed by atoms with Gasteiger partial charge in [-0.3, -0.25) is 14.2 Å². The molecule has 1 heterocycles. The summed E-state index contributed by atoms with van der Waals surface area (Å²) in [5.41, 5.74) is 2.57. The molecule has 1 unspecified atom stereocenters. The summed E-state index contributed by atoms with van der Waals surface area (Å²) in [4.78, 5) is 29.9. The van der Waals surface area contributed by atoms with Gasteiger partial charge >= 0.3 is 0 Å². The normalized spacial score (nSPS) is 12.1. The third-order valence-corrected chi connectivity index (χ3v) is 5.51. The second-order valence-electron chi connectivity index (χ2n) is 6.26. The number of thioether (sulfide) groups is 1. The highest BCUT2D eigenvalue weighted by Crippen LogP contribution is 2.23. The van der Waals surface area contributed by atoms with Gasteiger partial charge < -0.3 is 5.32 Å². The molecule has 0 aliphatic carbocycles. The molecule has 0 spiro atoms. The second-order valence-corrected chi connectivity index (χ2v) is 7.57. The maximum Gasteiger partial charge on any atom is 0.262 e. The predicted octanol–water partition coefficient (Wildman–Crippen LogP) is 4.10. The van der Waals surface area contributed by atoms with Crippen molar-refractivity contribution in [2.75, 3.05) is 5.32 Å². The van der Waals surface area contributed by atoms with Crippen LogP contribution in [0.4, 0.5) is 5.69 Å². The van der Waals surface area contributed by atoms with Crippen LogP contribution in [0.1, 0.15) is 26.3 Å². The Morgan fingerprint density at radius 3 is 2.52 bits per heavy atom. The Bertz CT molecular complexity index is 1010. The lowest BCUT2D eigenvalue weighted by Crippen LogP contribution is -2.26. The summed E-state index contributed by atoms with van der Waals surface area (Å²) in [6, 6.07) is 15.1. The number of carbonyl (C=O) groups is 1. The fourth-order valence-electron chi connectivity index (χ4n) is 2.80. The fourth-order valence-corrected chi connectivity index (χ4v) is 3.77. The molecule has 0 fully saturated rings. The molecule has 0 aliphatic heterocycles. The quantitative estimate of drug-likeness (QED) is 0.516. The van der Waals surface area contributed by atoms with Crippen LogP contribution in [0.25, 0.3) is 10.9 Å². The molecule has 0 saturated heterocycles. The van der Waals surface area contributed by atoms with Gasteiger partial charge in [0.25, 0.3) is 5.56 Å². The number of anilines is 1. The molecule has 2 aromatic carbocycles. The van der Waals surface area contributed by atoms with Crippen molar-refractivity contribution in [2.24, 2.45) is 0 Å². The molecule has 0 bridgehead atoms. The molecule has 3 rings (SSSR count). The predicted molar refractivity (Wildman–Crippen MR) is 111 cm³/mol. The average Bonchev–Trinajstić information content (AvgIpc) is 2.69. The lowest BCUT2D eigenvalue weighted by molar-refractivity contribution is -0.115. The van der Waals surface area contributed by atoms with E-state index in [9.17, 15) is 9.59 Å². The first-order valence-corrected chi connectivity index (χ1v) is 9.97. The second kappa shape index (κ2) is 8.39. The van der Waals surface area contributed by atoms with Crippen molar-refractivity contribution in [2.45, 2.75) is 44.1 Å². The molecule has 140 valence electrons. The van der Waals surface area contributed by atoms with Crippen molar-refractivity contribution in [1.29, 1.82) is 0 Å². The van der Waals surface area contributed by atoms with Gasteiger partial charge in [0.05, 0.1) is 16.2 Å². The Labute approximate surface area is 162 Å². The van der Waals surface area contributed by atoms with Gasteiger partial charge in [-0.1, -0.05) is 43.0 Å². The third kappa shape index (κ3) is 4.22. The largest absolute Gasteiger partial charge is 0.325 e. The number of fused-ring (bicyclic) bond motifs is 1. The summed E-state index contributed by atoms with van der Waals surface area (Å²) < 4.78 is 1.62. The fraction of sp³-hybridized carbons (Fsp3) is 0.286. The van der Waals surface area contributed by atoms with Crippen LogP contribution >= 0.6 is 11.8 Å². The highest BCUT2D eigenvalue weighted by Gasteiger charge is 2.19. The zero-order chi connectivity index (χ0) is 19.4. The van der Waals surface area contributed by atoms with E-state index < -0.39 is 0 Å². The topological polar surface area (TPSA) is 64.0 Å².